The molecule has 0 atom stereocenters. The highest BCUT2D eigenvalue weighted by molar-refractivity contribution is 6.05. The highest BCUT2D eigenvalue weighted by Gasteiger charge is 2.22. The van der Waals surface area contributed by atoms with Crippen LogP contribution in [0.4, 0.5) is 17.2 Å². The van der Waals surface area contributed by atoms with Crippen LogP contribution in [-0.2, 0) is 11.3 Å². The fraction of sp³-hybridized carbons (Fsp3) is 0.350. The fourth-order valence-electron chi connectivity index (χ4n) is 2.98. The molecule has 10 heteroatoms. The van der Waals surface area contributed by atoms with Gasteiger partial charge in [0, 0.05) is 25.2 Å². The van der Waals surface area contributed by atoms with E-state index in [0.29, 0.717) is 12.8 Å². The zero-order valence-electron chi connectivity index (χ0n) is 17.0. The van der Waals surface area contributed by atoms with Gasteiger partial charge in [-0.05, 0) is 25.0 Å². The minimum Gasteiger partial charge on any atom is -0.383 e. The van der Waals surface area contributed by atoms with Crippen LogP contribution in [0.5, 0.6) is 0 Å². The monoisotopic (exact) mass is 415 g/mol. The second-order valence-electron chi connectivity index (χ2n) is 6.64. The second-order valence-corrected chi connectivity index (χ2v) is 6.64. The van der Waals surface area contributed by atoms with Crippen LogP contribution in [0.15, 0.2) is 39.9 Å². The number of nitrogens with two attached hydrogens (primary N) is 1. The van der Waals surface area contributed by atoms with Crippen molar-refractivity contribution in [3.05, 3.63) is 66.9 Å². The number of nitrogens with zero attached hydrogens (tertiary/aromatic N) is 3. The van der Waals surface area contributed by atoms with Gasteiger partial charge in [-0.25, -0.2) is 4.79 Å². The summed E-state index contributed by atoms with van der Waals surface area (Å²) in [6.07, 6.45) is 4.44. The number of amides is 1. The van der Waals surface area contributed by atoms with E-state index in [9.17, 15) is 24.5 Å². The highest BCUT2D eigenvalue weighted by Crippen LogP contribution is 2.21. The predicted octanol–water partition coefficient (Wildman–Crippen LogP) is 2.28. The van der Waals surface area contributed by atoms with Crippen molar-refractivity contribution in [2.75, 3.05) is 17.2 Å². The summed E-state index contributed by atoms with van der Waals surface area (Å²) < 4.78 is 1.22. The molecule has 2 aromatic rings. The second kappa shape index (κ2) is 10.2. The van der Waals surface area contributed by atoms with Crippen molar-refractivity contribution >= 4 is 29.2 Å². The Hall–Kier alpha value is -3.69. The lowest BCUT2D eigenvalue weighted by Gasteiger charge is -2.23. The number of hydrogen-bond donors (Lipinski definition) is 2. The minimum absolute atomic E-state index is 0.0888. The van der Waals surface area contributed by atoms with Crippen LogP contribution in [0.1, 0.15) is 38.7 Å². The lowest BCUT2D eigenvalue weighted by Crippen LogP contribution is -2.41. The summed E-state index contributed by atoms with van der Waals surface area (Å²) in [6.45, 7) is 4.27. The molecular formula is C20H25N5O5. The van der Waals surface area contributed by atoms with Crippen LogP contribution in [0.3, 0.4) is 0 Å². The SMILES string of the molecule is CCCCN(C(=O)/C=C/c1ccccc1[N+](=O)[O-])c1c(N)n(CCC)c(=O)[nH]c1=O. The van der Waals surface area contributed by atoms with E-state index in [1.54, 1.807) is 6.07 Å². The Morgan fingerprint density at radius 1 is 1.27 bits per heavy atom. The first kappa shape index (κ1) is 22.6. The van der Waals surface area contributed by atoms with E-state index in [1.165, 1.54) is 33.7 Å². The van der Waals surface area contributed by atoms with Gasteiger partial charge in [0.25, 0.3) is 17.2 Å². The summed E-state index contributed by atoms with van der Waals surface area (Å²) in [5, 5.41) is 11.2. The van der Waals surface area contributed by atoms with Crippen LogP contribution in [0.2, 0.25) is 0 Å². The zero-order valence-corrected chi connectivity index (χ0v) is 17.0. The summed E-state index contributed by atoms with van der Waals surface area (Å²) in [4.78, 5) is 51.5. The van der Waals surface area contributed by atoms with Crippen molar-refractivity contribution < 1.29 is 9.72 Å². The first-order chi connectivity index (χ1) is 14.3. The summed E-state index contributed by atoms with van der Waals surface area (Å²) in [5.74, 6) is -0.658. The lowest BCUT2D eigenvalue weighted by atomic mass is 10.1. The van der Waals surface area contributed by atoms with Crippen LogP contribution in [0.25, 0.3) is 6.08 Å². The average Bonchev–Trinajstić information content (AvgIpc) is 2.71. The zero-order chi connectivity index (χ0) is 22.3. The van der Waals surface area contributed by atoms with Gasteiger partial charge in [-0.2, -0.15) is 0 Å². The molecule has 0 saturated carbocycles. The molecule has 0 radical (unpaired) electrons. The molecule has 3 N–H and O–H groups in total. The van der Waals surface area contributed by atoms with Gasteiger partial charge in [0.15, 0.2) is 5.69 Å². The number of unbranched alkanes of at least 4 members (excludes halogenated alkanes) is 1. The molecule has 0 fully saturated rings. The molecule has 1 aromatic carbocycles. The molecule has 160 valence electrons. The van der Waals surface area contributed by atoms with Crippen molar-refractivity contribution in [3.63, 3.8) is 0 Å². The normalized spacial score (nSPS) is 11.0. The maximum atomic E-state index is 12.9. The number of nitrogen functional groups attached to an aromatic ring is 1. The molecule has 0 unspecified atom stereocenters. The number of hydrogen-bond acceptors (Lipinski definition) is 6. The number of nitro groups is 1. The third-order valence-electron chi connectivity index (χ3n) is 4.47. The molecule has 1 aromatic heterocycles. The number of H-pyrrole nitrogens is 1. The topological polar surface area (TPSA) is 144 Å². The molecule has 0 aliphatic rings. The third kappa shape index (κ3) is 5.02. The van der Waals surface area contributed by atoms with Crippen LogP contribution in [0, 0.1) is 10.1 Å². The molecule has 30 heavy (non-hydrogen) atoms. The molecule has 1 amide bonds. The maximum absolute atomic E-state index is 12.9. The summed E-state index contributed by atoms with van der Waals surface area (Å²) in [5.41, 5.74) is 4.70. The summed E-state index contributed by atoms with van der Waals surface area (Å²) in [7, 11) is 0. The van der Waals surface area contributed by atoms with Crippen LogP contribution >= 0.6 is 0 Å². The van der Waals surface area contributed by atoms with Gasteiger partial charge in [-0.3, -0.25) is 29.3 Å². The van der Waals surface area contributed by atoms with Gasteiger partial charge in [0.1, 0.15) is 5.82 Å². The number of para-hydroxylation sites is 1. The number of aromatic nitrogens is 2. The lowest BCUT2D eigenvalue weighted by molar-refractivity contribution is -0.385. The number of nitrogens with one attached hydrogen (secondary N) is 1. The summed E-state index contributed by atoms with van der Waals surface area (Å²) in [6, 6.07) is 6.00. The van der Waals surface area contributed by atoms with Gasteiger partial charge in [-0.15, -0.1) is 0 Å². The number of carbonyl (C=O) groups is 1. The van der Waals surface area contributed by atoms with Gasteiger partial charge in [-0.1, -0.05) is 32.4 Å². The standard InChI is InChI=1S/C20H25N5O5/c1-3-5-13-23(17-18(21)24(12-4-2)20(28)22-19(17)27)16(26)11-10-14-8-6-7-9-15(14)25(29)30/h6-11H,3-5,12-13,21H2,1-2H3,(H,22,27,28)/b11-10+. The quantitative estimate of drug-likeness (QED) is 0.365. The number of aromatic amines is 1. The van der Waals surface area contributed by atoms with E-state index >= 15 is 0 Å². The molecule has 2 rings (SSSR count). The van der Waals surface area contributed by atoms with E-state index in [4.69, 9.17) is 5.73 Å². The molecule has 1 heterocycles. The van der Waals surface area contributed by atoms with E-state index in [-0.39, 0.29) is 35.8 Å². The fourth-order valence-corrected chi connectivity index (χ4v) is 2.98. The Morgan fingerprint density at radius 2 is 1.97 bits per heavy atom. The molecule has 0 saturated heterocycles. The van der Waals surface area contributed by atoms with Gasteiger partial charge in [0.05, 0.1) is 10.5 Å². The molecular weight excluding hydrogens is 390 g/mol. The number of anilines is 2. The van der Waals surface area contributed by atoms with E-state index in [0.717, 1.165) is 12.5 Å². The smallest absolute Gasteiger partial charge is 0.330 e. The van der Waals surface area contributed by atoms with Crippen molar-refractivity contribution in [2.45, 2.75) is 39.7 Å². The van der Waals surface area contributed by atoms with Gasteiger partial charge in [0.2, 0.25) is 0 Å². The molecule has 0 aliphatic heterocycles. The van der Waals surface area contributed by atoms with Crippen molar-refractivity contribution in [2.24, 2.45) is 0 Å². The highest BCUT2D eigenvalue weighted by atomic mass is 16.6. The van der Waals surface area contributed by atoms with E-state index in [1.807, 2.05) is 13.8 Å². The Kier molecular flexibility index (Phi) is 7.68. The average molecular weight is 415 g/mol. The molecule has 0 bridgehead atoms. The minimum atomic E-state index is -0.756. The number of benzene rings is 1. The number of nitro benzene ring substituents is 1. The van der Waals surface area contributed by atoms with Gasteiger partial charge >= 0.3 is 5.69 Å². The van der Waals surface area contributed by atoms with Crippen LogP contribution in [-0.4, -0.2) is 26.9 Å². The van der Waals surface area contributed by atoms with E-state index < -0.39 is 22.1 Å². The van der Waals surface area contributed by atoms with Crippen molar-refractivity contribution in [1.82, 2.24) is 9.55 Å². The maximum Gasteiger partial charge on any atom is 0.330 e. The number of rotatable bonds is 9. The Bertz CT molecular complexity index is 1070. The molecule has 0 aliphatic carbocycles. The van der Waals surface area contributed by atoms with Gasteiger partial charge < -0.3 is 10.6 Å². The largest absolute Gasteiger partial charge is 0.383 e. The first-order valence-electron chi connectivity index (χ1n) is 9.67. The Labute approximate surface area is 172 Å². The Morgan fingerprint density at radius 3 is 2.60 bits per heavy atom. The molecule has 0 spiro atoms. The van der Waals surface area contributed by atoms with Crippen molar-refractivity contribution in [1.29, 1.82) is 0 Å². The predicted molar refractivity (Wildman–Crippen MR) is 115 cm³/mol. The Balaban J connectivity index is 2.50. The van der Waals surface area contributed by atoms with Crippen LogP contribution < -0.4 is 21.9 Å². The molecule has 10 nitrogen and oxygen atoms in total. The van der Waals surface area contributed by atoms with Crippen molar-refractivity contribution in [3.8, 4) is 0 Å². The number of carbonyl (C=O) groups excluding carboxylic acids is 1. The van der Waals surface area contributed by atoms with E-state index in [2.05, 4.69) is 4.98 Å². The third-order valence-corrected chi connectivity index (χ3v) is 4.47. The summed E-state index contributed by atoms with van der Waals surface area (Å²) >= 11 is 0. The first-order valence-corrected chi connectivity index (χ1v) is 9.67.